The van der Waals surface area contributed by atoms with E-state index in [4.69, 9.17) is 30.1 Å². The van der Waals surface area contributed by atoms with Crippen LogP contribution in [-0.2, 0) is 28.6 Å². The largest absolute Gasteiger partial charge is 0.484 e. The highest BCUT2D eigenvalue weighted by Gasteiger charge is 2.31. The second-order valence-corrected chi connectivity index (χ2v) is 11.7. The van der Waals surface area contributed by atoms with Gasteiger partial charge in [0.05, 0.1) is 25.4 Å². The fourth-order valence-electron chi connectivity index (χ4n) is 4.19. The topological polar surface area (TPSA) is 155 Å². The minimum Gasteiger partial charge on any atom is -0.484 e. The average molecular weight is 639 g/mol. The number of amides is 3. The van der Waals surface area contributed by atoms with Crippen molar-refractivity contribution < 1.29 is 42.9 Å². The molecule has 46 heavy (non-hydrogen) atoms. The van der Waals surface area contributed by atoms with E-state index < -0.39 is 17.9 Å². The number of benzene rings is 1. The molecule has 1 aromatic heterocycles. The first-order valence-corrected chi connectivity index (χ1v) is 14.9. The third kappa shape index (κ3) is 12.4. The summed E-state index contributed by atoms with van der Waals surface area (Å²) in [6, 6.07) is 9.00. The van der Waals surface area contributed by atoms with Gasteiger partial charge in [0.15, 0.2) is 6.61 Å². The van der Waals surface area contributed by atoms with Crippen molar-refractivity contribution in [3.63, 3.8) is 0 Å². The van der Waals surface area contributed by atoms with Gasteiger partial charge in [-0.15, -0.1) is 6.42 Å². The van der Waals surface area contributed by atoms with E-state index in [0.717, 1.165) is 6.42 Å². The summed E-state index contributed by atoms with van der Waals surface area (Å²) in [4.78, 5) is 54.8. The molecule has 0 unspecified atom stereocenters. The maximum atomic E-state index is 12.8. The van der Waals surface area contributed by atoms with E-state index in [9.17, 15) is 19.2 Å². The van der Waals surface area contributed by atoms with Crippen molar-refractivity contribution in [2.45, 2.75) is 45.8 Å². The Hall–Kier alpha value is -4.67. The Morgan fingerprint density at radius 1 is 1.11 bits per heavy atom. The zero-order valence-electron chi connectivity index (χ0n) is 26.7. The molecule has 2 heterocycles. The highest BCUT2D eigenvalue weighted by molar-refractivity contribution is 5.96. The van der Waals surface area contributed by atoms with Crippen molar-refractivity contribution in [3.05, 3.63) is 48.2 Å². The molecule has 1 fully saturated rings. The summed E-state index contributed by atoms with van der Waals surface area (Å²) in [5, 5.41) is 5.44. The van der Waals surface area contributed by atoms with E-state index >= 15 is 0 Å². The van der Waals surface area contributed by atoms with Crippen molar-refractivity contribution in [3.8, 4) is 29.7 Å². The quantitative estimate of drug-likeness (QED) is 0.150. The van der Waals surface area contributed by atoms with E-state index in [1.165, 1.54) is 19.4 Å². The van der Waals surface area contributed by atoms with E-state index in [-0.39, 0.29) is 54.6 Å². The summed E-state index contributed by atoms with van der Waals surface area (Å²) in [5.74, 6) is 1.95. The van der Waals surface area contributed by atoms with Gasteiger partial charge in [-0.2, -0.15) is 0 Å². The van der Waals surface area contributed by atoms with Crippen LogP contribution in [-0.4, -0.2) is 98.9 Å². The molecule has 0 radical (unpaired) electrons. The molecule has 3 rings (SSSR count). The Bertz CT molecular complexity index is 1360. The molecular formula is C33H42N4O9. The number of likely N-dealkylation sites (tertiary alicyclic amines) is 1. The highest BCUT2D eigenvalue weighted by Crippen LogP contribution is 2.25. The highest BCUT2D eigenvalue weighted by atomic mass is 16.5. The first-order chi connectivity index (χ1) is 22.0. The SMILES string of the molecule is C#CCOCC(=O)N1CC(OCCNC(=O)COc2cccc(Oc3ccc(C(=O)N[C@@H](CCC(C)(C)C)C(=O)OC)cn3)c2)C1. The number of nitrogens with one attached hydrogen (secondary N) is 2. The molecule has 1 aliphatic rings. The fraction of sp³-hybridized carbons (Fsp3) is 0.485. The average Bonchev–Trinajstić information content (AvgIpc) is 3.00. The Kier molecular flexibility index (Phi) is 13.8. The van der Waals surface area contributed by atoms with Crippen molar-refractivity contribution in [1.29, 1.82) is 0 Å². The lowest BCUT2D eigenvalue weighted by molar-refractivity contribution is -0.149. The first-order valence-electron chi connectivity index (χ1n) is 14.9. The van der Waals surface area contributed by atoms with Crippen molar-refractivity contribution in [1.82, 2.24) is 20.5 Å². The van der Waals surface area contributed by atoms with Crippen molar-refractivity contribution in [2.24, 2.45) is 5.41 Å². The number of hydrogen-bond donors (Lipinski definition) is 2. The molecule has 0 bridgehead atoms. The summed E-state index contributed by atoms with van der Waals surface area (Å²) in [5.41, 5.74) is 0.253. The van der Waals surface area contributed by atoms with Crippen LogP contribution in [0.15, 0.2) is 42.6 Å². The van der Waals surface area contributed by atoms with Crippen LogP contribution in [0.3, 0.4) is 0 Å². The number of nitrogens with zero attached hydrogens (tertiary/aromatic N) is 2. The molecule has 0 saturated carbocycles. The van der Waals surface area contributed by atoms with Gasteiger partial charge in [0.25, 0.3) is 11.8 Å². The molecule has 248 valence electrons. The van der Waals surface area contributed by atoms with Gasteiger partial charge in [-0.1, -0.05) is 32.8 Å². The number of rotatable bonds is 17. The van der Waals surface area contributed by atoms with Gasteiger partial charge in [-0.25, -0.2) is 9.78 Å². The van der Waals surface area contributed by atoms with Crippen LogP contribution < -0.4 is 20.1 Å². The van der Waals surface area contributed by atoms with Crippen LogP contribution in [0.4, 0.5) is 0 Å². The zero-order chi connectivity index (χ0) is 33.5. The molecule has 1 atom stereocenters. The molecule has 0 spiro atoms. The molecule has 13 heteroatoms. The molecule has 1 aliphatic heterocycles. The van der Waals surface area contributed by atoms with Gasteiger partial charge in [0, 0.05) is 38.0 Å². The Morgan fingerprint density at radius 3 is 2.54 bits per heavy atom. The van der Waals surface area contributed by atoms with Gasteiger partial charge in [-0.05, 0) is 36.5 Å². The van der Waals surface area contributed by atoms with Gasteiger partial charge >= 0.3 is 5.97 Å². The summed E-state index contributed by atoms with van der Waals surface area (Å²) in [7, 11) is 1.29. The summed E-state index contributed by atoms with van der Waals surface area (Å²) < 4.78 is 26.9. The molecule has 2 N–H and O–H groups in total. The first kappa shape index (κ1) is 35.8. The molecule has 2 aromatic rings. The van der Waals surface area contributed by atoms with E-state index in [1.54, 1.807) is 35.2 Å². The molecule has 1 saturated heterocycles. The molecule has 0 aliphatic carbocycles. The number of carbonyl (C=O) groups is 4. The van der Waals surface area contributed by atoms with Gasteiger partial charge < -0.3 is 39.2 Å². The van der Waals surface area contributed by atoms with Gasteiger partial charge in [0.1, 0.15) is 30.8 Å². The second-order valence-electron chi connectivity index (χ2n) is 11.7. The number of esters is 1. The number of hydrogen-bond acceptors (Lipinski definition) is 10. The predicted octanol–water partition coefficient (Wildman–Crippen LogP) is 2.34. The number of ether oxygens (including phenoxy) is 5. The Labute approximate surface area is 269 Å². The Morgan fingerprint density at radius 2 is 1.87 bits per heavy atom. The lowest BCUT2D eigenvalue weighted by Gasteiger charge is -2.38. The predicted molar refractivity (Wildman–Crippen MR) is 167 cm³/mol. The second kappa shape index (κ2) is 17.7. The molecule has 3 amide bonds. The van der Waals surface area contributed by atoms with Gasteiger partial charge in [-0.3, -0.25) is 14.4 Å². The van der Waals surface area contributed by atoms with E-state index in [0.29, 0.717) is 44.2 Å². The molecule has 13 nitrogen and oxygen atoms in total. The summed E-state index contributed by atoms with van der Waals surface area (Å²) >= 11 is 0. The minimum atomic E-state index is -0.769. The van der Waals surface area contributed by atoms with Crippen LogP contribution in [0.2, 0.25) is 0 Å². The number of aromatic nitrogens is 1. The Balaban J connectivity index is 1.37. The van der Waals surface area contributed by atoms with Crippen LogP contribution in [0, 0.1) is 17.8 Å². The van der Waals surface area contributed by atoms with Crippen molar-refractivity contribution >= 4 is 23.7 Å². The smallest absolute Gasteiger partial charge is 0.328 e. The minimum absolute atomic E-state index is 0.00808. The maximum absolute atomic E-state index is 12.8. The third-order valence-electron chi connectivity index (χ3n) is 6.76. The fourth-order valence-corrected chi connectivity index (χ4v) is 4.19. The van der Waals surface area contributed by atoms with E-state index in [2.05, 4.69) is 42.3 Å². The molecular weight excluding hydrogens is 596 g/mol. The van der Waals surface area contributed by atoms with Crippen LogP contribution in [0.25, 0.3) is 0 Å². The lowest BCUT2D eigenvalue weighted by Crippen LogP contribution is -2.56. The lowest BCUT2D eigenvalue weighted by atomic mass is 9.88. The number of methoxy groups -OCH3 is 1. The van der Waals surface area contributed by atoms with Gasteiger partial charge in [0.2, 0.25) is 11.8 Å². The molecule has 1 aromatic carbocycles. The van der Waals surface area contributed by atoms with E-state index in [1.807, 2.05) is 0 Å². The van der Waals surface area contributed by atoms with Crippen LogP contribution in [0.5, 0.6) is 17.4 Å². The monoisotopic (exact) mass is 638 g/mol. The van der Waals surface area contributed by atoms with Crippen molar-refractivity contribution in [2.75, 3.05) is 53.2 Å². The van der Waals surface area contributed by atoms with Crippen LogP contribution in [0.1, 0.15) is 44.0 Å². The number of pyridine rings is 1. The zero-order valence-corrected chi connectivity index (χ0v) is 26.7. The third-order valence-corrected chi connectivity index (χ3v) is 6.76. The summed E-state index contributed by atoms with van der Waals surface area (Å²) in [6.07, 6.45) is 7.52. The number of terminal acetylenes is 1. The maximum Gasteiger partial charge on any atom is 0.328 e. The number of carbonyl (C=O) groups excluding carboxylic acids is 4. The standard InChI is InChI=1S/C33H42N4O9/c1-6-15-43-22-30(39)37-19-26(20-37)44-16-14-34-28(38)21-45-24-8-7-9-25(17-24)46-29-11-10-23(18-35-29)31(40)36-27(32(41)42-5)12-13-33(2,3)4/h1,7-11,17-18,26-27H,12-16,19-22H2,2-5H3,(H,34,38)(H,36,40)/t27-/m0/s1. The summed E-state index contributed by atoms with van der Waals surface area (Å²) in [6.45, 7) is 7.54. The normalized spacial score (nSPS) is 13.5. The van der Waals surface area contributed by atoms with Crippen LogP contribution >= 0.6 is 0 Å².